The van der Waals surface area contributed by atoms with Crippen molar-refractivity contribution < 1.29 is 4.79 Å². The van der Waals surface area contributed by atoms with Gasteiger partial charge in [0.1, 0.15) is 6.04 Å². The summed E-state index contributed by atoms with van der Waals surface area (Å²) in [4.78, 5) is 13.6. The lowest BCUT2D eigenvalue weighted by molar-refractivity contribution is -0.125. The van der Waals surface area contributed by atoms with Crippen molar-refractivity contribution in [2.45, 2.75) is 19.9 Å². The second-order valence-corrected chi connectivity index (χ2v) is 4.15. The van der Waals surface area contributed by atoms with Crippen LogP contribution in [0.2, 0.25) is 0 Å². The summed E-state index contributed by atoms with van der Waals surface area (Å²) in [5, 5.41) is 9.35. The van der Waals surface area contributed by atoms with Crippen molar-refractivity contribution in [3.63, 3.8) is 0 Å². The van der Waals surface area contributed by atoms with E-state index in [-0.39, 0.29) is 5.91 Å². The smallest absolute Gasteiger partial charge is 0.251 e. The number of benzene rings is 1. The van der Waals surface area contributed by atoms with Gasteiger partial charge in [0.25, 0.3) is 5.91 Å². The van der Waals surface area contributed by atoms with E-state index in [4.69, 9.17) is 0 Å². The zero-order chi connectivity index (χ0) is 13.1. The summed E-state index contributed by atoms with van der Waals surface area (Å²) >= 11 is 0. The molecule has 1 aliphatic rings. The Morgan fingerprint density at radius 2 is 2.17 bits per heavy atom. The lowest BCUT2D eigenvalue weighted by Crippen LogP contribution is -2.33. The van der Waals surface area contributed by atoms with Gasteiger partial charge >= 0.3 is 0 Å². The molecule has 1 aromatic carbocycles. The molecule has 1 aromatic rings. The first-order valence-corrected chi connectivity index (χ1v) is 5.81. The van der Waals surface area contributed by atoms with Gasteiger partial charge in [0.15, 0.2) is 0 Å². The van der Waals surface area contributed by atoms with Crippen molar-refractivity contribution in [3.05, 3.63) is 53.2 Å². The summed E-state index contributed by atoms with van der Waals surface area (Å²) in [6, 6.07) is 9.33. The number of amides is 1. The summed E-state index contributed by atoms with van der Waals surface area (Å²) in [5.74, 6) is -0.160. The van der Waals surface area contributed by atoms with Crippen LogP contribution in [0.4, 0.5) is 0 Å². The van der Waals surface area contributed by atoms with E-state index in [2.05, 4.69) is 6.07 Å². The summed E-state index contributed by atoms with van der Waals surface area (Å²) in [6.07, 6.45) is 5.10. The van der Waals surface area contributed by atoms with Crippen LogP contribution in [-0.4, -0.2) is 10.8 Å². The van der Waals surface area contributed by atoms with Gasteiger partial charge in [-0.1, -0.05) is 30.3 Å². The number of fused-ring (bicyclic) bond motifs is 1. The Morgan fingerprint density at radius 1 is 1.44 bits per heavy atom. The summed E-state index contributed by atoms with van der Waals surface area (Å²) in [7, 11) is 0. The Morgan fingerprint density at radius 3 is 2.83 bits per heavy atom. The maximum Gasteiger partial charge on any atom is 0.251 e. The topological polar surface area (TPSA) is 44.1 Å². The number of rotatable bonds is 1. The van der Waals surface area contributed by atoms with Crippen molar-refractivity contribution in [3.8, 4) is 6.07 Å². The molecule has 0 aromatic heterocycles. The molecule has 1 heterocycles. The normalized spacial score (nSPS) is 18.2. The molecular weight excluding hydrogens is 224 g/mol. The highest BCUT2D eigenvalue weighted by Gasteiger charge is 2.29. The fraction of sp³-hybridized carbons (Fsp3) is 0.200. The Labute approximate surface area is 107 Å². The van der Waals surface area contributed by atoms with Gasteiger partial charge in [-0.25, -0.2) is 0 Å². The highest BCUT2D eigenvalue weighted by molar-refractivity contribution is 5.91. The minimum atomic E-state index is -0.546. The van der Waals surface area contributed by atoms with E-state index in [0.29, 0.717) is 0 Å². The first kappa shape index (κ1) is 12.1. The standard InChI is InChI=1S/C15H14N2O/c1-3-6-15(18)17-11(2)9-12-7-4-5-8-13(12)14(17)10-16/h3-9,14H,1-2H3/b6-3+/t14-/m0/s1. The average molecular weight is 238 g/mol. The minimum Gasteiger partial charge on any atom is -0.292 e. The van der Waals surface area contributed by atoms with Crippen LogP contribution >= 0.6 is 0 Å². The van der Waals surface area contributed by atoms with Crippen LogP contribution in [-0.2, 0) is 4.79 Å². The van der Waals surface area contributed by atoms with Gasteiger partial charge in [-0.2, -0.15) is 5.26 Å². The monoisotopic (exact) mass is 238 g/mol. The first-order chi connectivity index (χ1) is 8.69. The second-order valence-electron chi connectivity index (χ2n) is 4.15. The maximum absolute atomic E-state index is 12.0. The van der Waals surface area contributed by atoms with Gasteiger partial charge in [-0.15, -0.1) is 0 Å². The third-order valence-electron chi connectivity index (χ3n) is 2.96. The molecule has 0 saturated heterocycles. The number of hydrogen-bond donors (Lipinski definition) is 0. The SMILES string of the molecule is C/C=C/C(=O)N1C(C)=Cc2ccccc2[C@@H]1C#N. The number of nitriles is 1. The van der Waals surface area contributed by atoms with Crippen molar-refractivity contribution >= 4 is 12.0 Å². The Bertz CT molecular complexity index is 578. The van der Waals surface area contributed by atoms with Gasteiger partial charge in [0.2, 0.25) is 0 Å². The van der Waals surface area contributed by atoms with Gasteiger partial charge in [0.05, 0.1) is 6.07 Å². The van der Waals surface area contributed by atoms with Crippen LogP contribution in [0.3, 0.4) is 0 Å². The van der Waals surface area contributed by atoms with Crippen molar-refractivity contribution in [2.24, 2.45) is 0 Å². The van der Waals surface area contributed by atoms with Crippen molar-refractivity contribution in [1.82, 2.24) is 4.90 Å². The maximum atomic E-state index is 12.0. The third-order valence-corrected chi connectivity index (χ3v) is 2.96. The summed E-state index contributed by atoms with van der Waals surface area (Å²) in [5.41, 5.74) is 2.68. The molecule has 2 rings (SSSR count). The molecule has 1 amide bonds. The van der Waals surface area contributed by atoms with E-state index in [9.17, 15) is 10.1 Å². The van der Waals surface area contributed by atoms with E-state index in [0.717, 1.165) is 16.8 Å². The molecule has 90 valence electrons. The third kappa shape index (κ3) is 1.93. The van der Waals surface area contributed by atoms with E-state index in [1.165, 1.54) is 11.0 Å². The summed E-state index contributed by atoms with van der Waals surface area (Å²) in [6.45, 7) is 3.64. The molecule has 3 nitrogen and oxygen atoms in total. The molecule has 1 atom stereocenters. The lowest BCUT2D eigenvalue weighted by Gasteiger charge is -2.32. The number of carbonyl (C=O) groups excluding carboxylic acids is 1. The molecule has 0 unspecified atom stereocenters. The fourth-order valence-corrected chi connectivity index (χ4v) is 2.18. The predicted molar refractivity (Wildman–Crippen MR) is 70.1 cm³/mol. The quantitative estimate of drug-likeness (QED) is 0.706. The van der Waals surface area contributed by atoms with Crippen LogP contribution in [0.5, 0.6) is 0 Å². The first-order valence-electron chi connectivity index (χ1n) is 5.81. The Kier molecular flexibility index (Phi) is 3.29. The predicted octanol–water partition coefficient (Wildman–Crippen LogP) is 3.03. The largest absolute Gasteiger partial charge is 0.292 e. The number of hydrogen-bond acceptors (Lipinski definition) is 2. The van der Waals surface area contributed by atoms with Crippen LogP contribution in [0.1, 0.15) is 31.0 Å². The number of allylic oxidation sites excluding steroid dienone is 2. The molecule has 0 saturated carbocycles. The van der Waals surface area contributed by atoms with Gasteiger partial charge in [0, 0.05) is 5.70 Å². The molecule has 3 heteroatoms. The minimum absolute atomic E-state index is 0.160. The zero-order valence-electron chi connectivity index (χ0n) is 10.4. The highest BCUT2D eigenvalue weighted by atomic mass is 16.2. The van der Waals surface area contributed by atoms with Gasteiger partial charge in [-0.05, 0) is 37.1 Å². The number of nitrogens with zero attached hydrogens (tertiary/aromatic N) is 2. The molecule has 18 heavy (non-hydrogen) atoms. The molecule has 0 fully saturated rings. The van der Waals surface area contributed by atoms with Gasteiger partial charge < -0.3 is 0 Å². The van der Waals surface area contributed by atoms with Crippen LogP contribution in [0.15, 0.2) is 42.1 Å². The average Bonchev–Trinajstić information content (AvgIpc) is 2.37. The number of carbonyl (C=O) groups is 1. The Balaban J connectivity index is 2.53. The molecule has 0 spiro atoms. The van der Waals surface area contributed by atoms with E-state index in [1.807, 2.05) is 37.3 Å². The highest BCUT2D eigenvalue weighted by Crippen LogP contribution is 2.33. The molecule has 1 aliphatic heterocycles. The summed E-state index contributed by atoms with van der Waals surface area (Å²) < 4.78 is 0. The Hall–Kier alpha value is -2.34. The van der Waals surface area contributed by atoms with E-state index >= 15 is 0 Å². The van der Waals surface area contributed by atoms with Crippen molar-refractivity contribution in [2.75, 3.05) is 0 Å². The molecule has 0 radical (unpaired) electrons. The van der Waals surface area contributed by atoms with E-state index in [1.54, 1.807) is 13.0 Å². The lowest BCUT2D eigenvalue weighted by atomic mass is 9.95. The van der Waals surface area contributed by atoms with Crippen LogP contribution in [0.25, 0.3) is 6.08 Å². The fourth-order valence-electron chi connectivity index (χ4n) is 2.18. The molecular formula is C15H14N2O. The molecule has 0 N–H and O–H groups in total. The second kappa shape index (κ2) is 4.89. The molecule has 0 aliphatic carbocycles. The van der Waals surface area contributed by atoms with Crippen LogP contribution in [0, 0.1) is 11.3 Å². The zero-order valence-corrected chi connectivity index (χ0v) is 10.4. The van der Waals surface area contributed by atoms with Crippen molar-refractivity contribution in [1.29, 1.82) is 5.26 Å². The molecule has 0 bridgehead atoms. The van der Waals surface area contributed by atoms with Crippen LogP contribution < -0.4 is 0 Å². The van der Waals surface area contributed by atoms with Gasteiger partial charge in [-0.3, -0.25) is 9.69 Å². The van der Waals surface area contributed by atoms with E-state index < -0.39 is 6.04 Å².